The summed E-state index contributed by atoms with van der Waals surface area (Å²) < 4.78 is 5.35. The van der Waals surface area contributed by atoms with Gasteiger partial charge in [0.1, 0.15) is 0 Å². The molecule has 0 atom stereocenters. The number of hydrogen-bond acceptors (Lipinski definition) is 4. The topological polar surface area (TPSA) is 58.0 Å². The zero-order valence-electron chi connectivity index (χ0n) is 14.0. The molecule has 24 heavy (non-hydrogen) atoms. The molecule has 3 heterocycles. The van der Waals surface area contributed by atoms with Crippen LogP contribution in [0, 0.1) is 0 Å². The Morgan fingerprint density at radius 1 is 1.29 bits per heavy atom. The van der Waals surface area contributed by atoms with Gasteiger partial charge < -0.3 is 9.51 Å². The lowest BCUT2D eigenvalue weighted by Gasteiger charge is -2.24. The van der Waals surface area contributed by atoms with E-state index in [-0.39, 0.29) is 0 Å². The molecule has 0 bridgehead atoms. The van der Waals surface area contributed by atoms with Gasteiger partial charge in [-0.1, -0.05) is 36.4 Å². The molecule has 4 rings (SSSR count). The molecular weight excluding hydrogens is 300 g/mol. The standard InChI is InChI=1S/C19H22N4O/c1-2-5-18-21-19(24-22-18)13-23-10-8-14(9-11-23)16-12-20-17-7-4-3-6-15(16)17/h3-4,6-8,12,20H,2,5,9-11,13H2,1H3. The highest BCUT2D eigenvalue weighted by Crippen LogP contribution is 2.29. The molecule has 1 N–H and O–H groups in total. The summed E-state index contributed by atoms with van der Waals surface area (Å²) in [4.78, 5) is 10.2. The van der Waals surface area contributed by atoms with Crippen LogP contribution in [0.5, 0.6) is 0 Å². The van der Waals surface area contributed by atoms with Gasteiger partial charge in [0.05, 0.1) is 6.54 Å². The van der Waals surface area contributed by atoms with Crippen LogP contribution in [0.2, 0.25) is 0 Å². The average Bonchev–Trinajstić information content (AvgIpc) is 3.23. The van der Waals surface area contributed by atoms with Gasteiger partial charge >= 0.3 is 0 Å². The van der Waals surface area contributed by atoms with Gasteiger partial charge in [-0.05, 0) is 24.5 Å². The molecule has 1 aliphatic rings. The number of aromatic amines is 1. The van der Waals surface area contributed by atoms with E-state index in [4.69, 9.17) is 4.52 Å². The Hall–Kier alpha value is -2.40. The predicted octanol–water partition coefficient (Wildman–Crippen LogP) is 3.79. The highest BCUT2D eigenvalue weighted by atomic mass is 16.5. The lowest BCUT2D eigenvalue weighted by molar-refractivity contribution is 0.245. The Balaban J connectivity index is 1.45. The van der Waals surface area contributed by atoms with Crippen molar-refractivity contribution in [1.82, 2.24) is 20.0 Å². The Bertz CT molecular complexity index is 861. The van der Waals surface area contributed by atoms with Crippen LogP contribution < -0.4 is 0 Å². The molecule has 124 valence electrons. The van der Waals surface area contributed by atoms with E-state index in [1.807, 2.05) is 0 Å². The molecule has 0 fully saturated rings. The zero-order valence-corrected chi connectivity index (χ0v) is 14.0. The molecule has 1 aliphatic heterocycles. The second kappa shape index (κ2) is 6.61. The van der Waals surface area contributed by atoms with E-state index in [0.29, 0.717) is 0 Å². The van der Waals surface area contributed by atoms with Crippen LogP contribution >= 0.6 is 0 Å². The summed E-state index contributed by atoms with van der Waals surface area (Å²) in [7, 11) is 0. The molecule has 0 aliphatic carbocycles. The molecule has 0 saturated heterocycles. The van der Waals surface area contributed by atoms with E-state index in [9.17, 15) is 0 Å². The second-order valence-electron chi connectivity index (χ2n) is 6.32. The summed E-state index contributed by atoms with van der Waals surface area (Å²) >= 11 is 0. The number of hydrogen-bond donors (Lipinski definition) is 1. The van der Waals surface area contributed by atoms with Crippen LogP contribution in [0.25, 0.3) is 16.5 Å². The largest absolute Gasteiger partial charge is 0.361 e. The third-order valence-corrected chi connectivity index (χ3v) is 4.57. The van der Waals surface area contributed by atoms with Crippen LogP contribution in [0.15, 0.2) is 41.1 Å². The maximum absolute atomic E-state index is 5.35. The summed E-state index contributed by atoms with van der Waals surface area (Å²) in [5.41, 5.74) is 3.94. The molecule has 1 aromatic carbocycles. The van der Waals surface area contributed by atoms with Crippen molar-refractivity contribution in [3.63, 3.8) is 0 Å². The Morgan fingerprint density at radius 3 is 3.04 bits per heavy atom. The summed E-state index contributed by atoms with van der Waals surface area (Å²) in [6.45, 7) is 4.78. The Kier molecular flexibility index (Phi) is 4.17. The maximum Gasteiger partial charge on any atom is 0.240 e. The first-order valence-corrected chi connectivity index (χ1v) is 8.63. The van der Waals surface area contributed by atoms with E-state index < -0.39 is 0 Å². The first kappa shape index (κ1) is 15.1. The molecular formula is C19H22N4O. The van der Waals surface area contributed by atoms with E-state index in [2.05, 4.69) is 63.5 Å². The SMILES string of the molecule is CCCc1noc(CN2CC=C(c3c[nH]c4ccccc34)CC2)n1. The highest BCUT2D eigenvalue weighted by Gasteiger charge is 2.17. The van der Waals surface area contributed by atoms with Crippen LogP contribution in [0.3, 0.4) is 0 Å². The average molecular weight is 322 g/mol. The van der Waals surface area contributed by atoms with Gasteiger partial charge in [-0.2, -0.15) is 4.98 Å². The van der Waals surface area contributed by atoms with Crippen LogP contribution in [-0.2, 0) is 13.0 Å². The number of H-pyrrole nitrogens is 1. The van der Waals surface area contributed by atoms with Crippen molar-refractivity contribution in [3.8, 4) is 0 Å². The number of fused-ring (bicyclic) bond motifs is 1. The van der Waals surface area contributed by atoms with Gasteiger partial charge in [-0.15, -0.1) is 0 Å². The van der Waals surface area contributed by atoms with Crippen molar-refractivity contribution in [3.05, 3.63) is 53.8 Å². The Labute approximate surface area is 141 Å². The third-order valence-electron chi connectivity index (χ3n) is 4.57. The number of para-hydroxylation sites is 1. The van der Waals surface area contributed by atoms with Gasteiger partial charge in [0.25, 0.3) is 0 Å². The fraction of sp³-hybridized carbons (Fsp3) is 0.368. The lowest BCUT2D eigenvalue weighted by atomic mass is 9.99. The minimum absolute atomic E-state index is 0.724. The van der Waals surface area contributed by atoms with E-state index in [0.717, 1.165) is 50.6 Å². The second-order valence-corrected chi connectivity index (χ2v) is 6.32. The third kappa shape index (κ3) is 2.99. The van der Waals surface area contributed by atoms with Gasteiger partial charge in [-0.3, -0.25) is 4.90 Å². The number of aryl methyl sites for hydroxylation is 1. The minimum atomic E-state index is 0.724. The molecule has 0 spiro atoms. The van der Waals surface area contributed by atoms with Crippen molar-refractivity contribution in [2.45, 2.75) is 32.7 Å². The molecule has 0 amide bonds. The molecule has 0 unspecified atom stereocenters. The highest BCUT2D eigenvalue weighted by molar-refractivity contribution is 5.92. The number of rotatable bonds is 5. The summed E-state index contributed by atoms with van der Waals surface area (Å²) in [5, 5.41) is 5.33. The fourth-order valence-corrected chi connectivity index (χ4v) is 3.31. The first-order chi connectivity index (χ1) is 11.8. The minimum Gasteiger partial charge on any atom is -0.361 e. The lowest BCUT2D eigenvalue weighted by Crippen LogP contribution is -2.28. The number of aromatic nitrogens is 3. The molecule has 2 aromatic heterocycles. The van der Waals surface area contributed by atoms with Gasteiger partial charge in [0, 0.05) is 42.2 Å². The number of nitrogens with one attached hydrogen (secondary N) is 1. The van der Waals surface area contributed by atoms with Crippen LogP contribution in [0.1, 0.15) is 37.0 Å². The van der Waals surface area contributed by atoms with Gasteiger partial charge in [-0.25, -0.2) is 0 Å². The summed E-state index contributed by atoms with van der Waals surface area (Å²) in [5.74, 6) is 1.54. The van der Waals surface area contributed by atoms with E-state index >= 15 is 0 Å². The molecule has 0 saturated carbocycles. The Morgan fingerprint density at radius 2 is 2.21 bits per heavy atom. The van der Waals surface area contributed by atoms with Crippen LogP contribution in [-0.4, -0.2) is 33.1 Å². The van der Waals surface area contributed by atoms with Gasteiger partial charge in [0.15, 0.2) is 5.82 Å². The molecule has 5 nitrogen and oxygen atoms in total. The monoisotopic (exact) mass is 322 g/mol. The van der Waals surface area contributed by atoms with Crippen molar-refractivity contribution in [2.75, 3.05) is 13.1 Å². The van der Waals surface area contributed by atoms with Crippen molar-refractivity contribution < 1.29 is 4.52 Å². The first-order valence-electron chi connectivity index (χ1n) is 8.63. The van der Waals surface area contributed by atoms with Crippen molar-refractivity contribution >= 4 is 16.5 Å². The quantitative estimate of drug-likeness (QED) is 0.776. The van der Waals surface area contributed by atoms with Gasteiger partial charge in [0.2, 0.25) is 5.89 Å². The van der Waals surface area contributed by atoms with Crippen molar-refractivity contribution in [2.24, 2.45) is 0 Å². The molecule has 0 radical (unpaired) electrons. The normalized spacial score (nSPS) is 15.8. The predicted molar refractivity (Wildman–Crippen MR) is 94.5 cm³/mol. The van der Waals surface area contributed by atoms with Crippen LogP contribution in [0.4, 0.5) is 0 Å². The smallest absolute Gasteiger partial charge is 0.240 e. The summed E-state index contributed by atoms with van der Waals surface area (Å²) in [6.07, 6.45) is 7.41. The van der Waals surface area contributed by atoms with E-state index in [1.165, 1.54) is 22.0 Å². The van der Waals surface area contributed by atoms with E-state index in [1.54, 1.807) is 0 Å². The number of benzene rings is 1. The summed E-state index contributed by atoms with van der Waals surface area (Å²) in [6, 6.07) is 8.47. The fourth-order valence-electron chi connectivity index (χ4n) is 3.31. The number of nitrogens with zero attached hydrogens (tertiary/aromatic N) is 3. The van der Waals surface area contributed by atoms with Crippen molar-refractivity contribution in [1.29, 1.82) is 0 Å². The molecule has 3 aromatic rings. The molecule has 5 heteroatoms. The zero-order chi connectivity index (χ0) is 16.4. The maximum atomic E-state index is 5.35.